The molecule has 1 fully saturated rings. The van der Waals surface area contributed by atoms with E-state index in [-0.39, 0.29) is 11.4 Å². The van der Waals surface area contributed by atoms with Gasteiger partial charge in [-0.15, -0.1) is 0 Å². The predicted molar refractivity (Wildman–Crippen MR) is 74.7 cm³/mol. The highest BCUT2D eigenvalue weighted by Gasteiger charge is 2.53. The number of fused-ring (bicyclic) bond motifs is 2. The van der Waals surface area contributed by atoms with Gasteiger partial charge < -0.3 is 9.47 Å². The zero-order valence-electron chi connectivity index (χ0n) is 12.7. The second-order valence-electron chi connectivity index (χ2n) is 6.28. The molecule has 3 nitrogen and oxygen atoms in total. The fourth-order valence-corrected chi connectivity index (χ4v) is 3.99. The molecule has 1 aliphatic heterocycles. The molecule has 2 aliphatic rings. The van der Waals surface area contributed by atoms with Gasteiger partial charge in [-0.25, -0.2) is 0 Å². The zero-order valence-corrected chi connectivity index (χ0v) is 12.7. The molecule has 0 radical (unpaired) electrons. The second-order valence-corrected chi connectivity index (χ2v) is 6.28. The lowest BCUT2D eigenvalue weighted by molar-refractivity contribution is -0.179. The summed E-state index contributed by atoms with van der Waals surface area (Å²) < 4.78 is 11.5. The summed E-state index contributed by atoms with van der Waals surface area (Å²) in [5.41, 5.74) is 1.38. The van der Waals surface area contributed by atoms with Crippen LogP contribution in [0.25, 0.3) is 0 Å². The summed E-state index contributed by atoms with van der Waals surface area (Å²) in [5, 5.41) is 0. The lowest BCUT2D eigenvalue weighted by Gasteiger charge is -2.55. The quantitative estimate of drug-likeness (QED) is 0.581. The van der Waals surface area contributed by atoms with Crippen LogP contribution in [0.3, 0.4) is 0 Å². The molecular weight excluding hydrogens is 240 g/mol. The SMILES string of the molecule is CC[C@@H]1OC[C@]2(COC(C)=O)[C@@H](C)C=C(C)[C@@H]1[C@@H]2C. The molecule has 3 heteroatoms. The van der Waals surface area contributed by atoms with Crippen molar-refractivity contribution < 1.29 is 14.3 Å². The van der Waals surface area contributed by atoms with E-state index >= 15 is 0 Å². The average Bonchev–Trinajstić information content (AvgIpc) is 2.34. The van der Waals surface area contributed by atoms with Crippen molar-refractivity contribution in [1.82, 2.24) is 0 Å². The summed E-state index contributed by atoms with van der Waals surface area (Å²) >= 11 is 0. The topological polar surface area (TPSA) is 35.5 Å². The van der Waals surface area contributed by atoms with Gasteiger partial charge in [-0.05, 0) is 25.2 Å². The highest BCUT2D eigenvalue weighted by molar-refractivity contribution is 5.65. The minimum Gasteiger partial charge on any atom is -0.465 e. The first-order valence-corrected chi connectivity index (χ1v) is 7.35. The van der Waals surface area contributed by atoms with Gasteiger partial charge in [0.25, 0.3) is 0 Å². The van der Waals surface area contributed by atoms with E-state index in [0.717, 1.165) is 6.42 Å². The highest BCUT2D eigenvalue weighted by atomic mass is 16.5. The standard InChI is InChI=1S/C16H26O3/c1-6-14-15-10(2)7-11(3)16(9-19-14,12(15)4)8-18-13(5)17/h7,11-12,14-15H,6,8-9H2,1-5H3/t11-,12-,14-,15+,16+/m0/s1. The Bertz CT molecular complexity index is 387. The van der Waals surface area contributed by atoms with Crippen molar-refractivity contribution in [2.45, 2.75) is 47.1 Å². The maximum Gasteiger partial charge on any atom is 0.302 e. The van der Waals surface area contributed by atoms with Crippen LogP contribution in [0.15, 0.2) is 11.6 Å². The van der Waals surface area contributed by atoms with Crippen LogP contribution in [0.1, 0.15) is 41.0 Å². The Balaban J connectivity index is 2.31. The summed E-state index contributed by atoms with van der Waals surface area (Å²) in [5.74, 6) is 1.14. The number of carbonyl (C=O) groups is 1. The number of esters is 1. The fraction of sp³-hybridized carbons (Fsp3) is 0.812. The molecular formula is C16H26O3. The first-order valence-electron chi connectivity index (χ1n) is 7.35. The van der Waals surface area contributed by atoms with Crippen molar-refractivity contribution in [3.8, 4) is 0 Å². The van der Waals surface area contributed by atoms with E-state index in [1.165, 1.54) is 12.5 Å². The van der Waals surface area contributed by atoms with Crippen LogP contribution in [-0.2, 0) is 14.3 Å². The maximum atomic E-state index is 11.2. The molecule has 0 aromatic rings. The highest BCUT2D eigenvalue weighted by Crippen LogP contribution is 2.53. The third kappa shape index (κ3) is 2.33. The summed E-state index contributed by atoms with van der Waals surface area (Å²) in [6, 6.07) is 0. The molecule has 5 atom stereocenters. The minimum absolute atomic E-state index is 0.0541. The Hall–Kier alpha value is -0.830. The van der Waals surface area contributed by atoms with Crippen LogP contribution in [0, 0.1) is 23.2 Å². The Morgan fingerprint density at radius 1 is 1.53 bits per heavy atom. The smallest absolute Gasteiger partial charge is 0.302 e. The number of carbonyl (C=O) groups excluding carboxylic acids is 1. The largest absolute Gasteiger partial charge is 0.465 e. The minimum atomic E-state index is -0.200. The number of ether oxygens (including phenoxy) is 2. The van der Waals surface area contributed by atoms with E-state index in [1.807, 2.05) is 0 Å². The molecule has 2 bridgehead atoms. The molecule has 2 rings (SSSR count). The molecule has 1 aliphatic carbocycles. The van der Waals surface area contributed by atoms with Crippen molar-refractivity contribution in [3.05, 3.63) is 11.6 Å². The molecule has 0 unspecified atom stereocenters. The molecule has 0 N–H and O–H groups in total. The van der Waals surface area contributed by atoms with Crippen LogP contribution < -0.4 is 0 Å². The van der Waals surface area contributed by atoms with E-state index in [9.17, 15) is 4.79 Å². The molecule has 0 saturated carbocycles. The molecule has 0 amide bonds. The van der Waals surface area contributed by atoms with Crippen LogP contribution in [-0.4, -0.2) is 25.3 Å². The summed E-state index contributed by atoms with van der Waals surface area (Å²) in [6.45, 7) is 11.6. The molecule has 1 heterocycles. The van der Waals surface area contributed by atoms with Crippen LogP contribution in [0.4, 0.5) is 0 Å². The third-order valence-corrected chi connectivity index (χ3v) is 5.30. The number of hydrogen-bond donors (Lipinski definition) is 0. The van der Waals surface area contributed by atoms with Gasteiger partial charge in [0.2, 0.25) is 0 Å². The number of allylic oxidation sites excluding steroid dienone is 1. The molecule has 0 spiro atoms. The molecule has 1 saturated heterocycles. The summed E-state index contributed by atoms with van der Waals surface area (Å²) in [4.78, 5) is 11.2. The van der Waals surface area contributed by atoms with Gasteiger partial charge in [-0.2, -0.15) is 0 Å². The summed E-state index contributed by atoms with van der Waals surface area (Å²) in [7, 11) is 0. The van der Waals surface area contributed by atoms with Gasteiger partial charge >= 0.3 is 5.97 Å². The first kappa shape index (κ1) is 14.6. The molecule has 19 heavy (non-hydrogen) atoms. The summed E-state index contributed by atoms with van der Waals surface area (Å²) in [6.07, 6.45) is 3.71. The Kier molecular flexibility index (Phi) is 4.05. The van der Waals surface area contributed by atoms with Gasteiger partial charge in [0.15, 0.2) is 0 Å². The maximum absolute atomic E-state index is 11.2. The lowest BCUT2D eigenvalue weighted by atomic mass is 9.56. The van der Waals surface area contributed by atoms with E-state index in [2.05, 4.69) is 33.8 Å². The first-order chi connectivity index (χ1) is 8.92. The average molecular weight is 266 g/mol. The van der Waals surface area contributed by atoms with E-state index in [0.29, 0.717) is 37.1 Å². The van der Waals surface area contributed by atoms with Crippen molar-refractivity contribution >= 4 is 5.97 Å². The normalized spacial score (nSPS) is 41.6. The van der Waals surface area contributed by atoms with Gasteiger partial charge in [-0.1, -0.05) is 32.4 Å². The van der Waals surface area contributed by atoms with Crippen molar-refractivity contribution in [2.24, 2.45) is 23.2 Å². The van der Waals surface area contributed by atoms with Crippen molar-refractivity contribution in [1.29, 1.82) is 0 Å². The third-order valence-electron chi connectivity index (χ3n) is 5.30. The molecule has 108 valence electrons. The molecule has 0 aromatic carbocycles. The van der Waals surface area contributed by atoms with Crippen LogP contribution in [0.2, 0.25) is 0 Å². The number of hydrogen-bond acceptors (Lipinski definition) is 3. The number of rotatable bonds is 3. The molecule has 0 aromatic heterocycles. The van der Waals surface area contributed by atoms with Crippen molar-refractivity contribution in [2.75, 3.05) is 13.2 Å². The fourth-order valence-electron chi connectivity index (χ4n) is 3.99. The Labute approximate surface area is 116 Å². The second kappa shape index (κ2) is 5.28. The van der Waals surface area contributed by atoms with Gasteiger partial charge in [0, 0.05) is 18.3 Å². The van der Waals surface area contributed by atoms with Crippen LogP contribution in [0.5, 0.6) is 0 Å². The Morgan fingerprint density at radius 3 is 2.79 bits per heavy atom. The van der Waals surface area contributed by atoms with Crippen LogP contribution >= 0.6 is 0 Å². The van der Waals surface area contributed by atoms with Crippen molar-refractivity contribution in [3.63, 3.8) is 0 Å². The Morgan fingerprint density at radius 2 is 2.21 bits per heavy atom. The van der Waals surface area contributed by atoms with E-state index < -0.39 is 0 Å². The van der Waals surface area contributed by atoms with Gasteiger partial charge in [0.1, 0.15) is 0 Å². The van der Waals surface area contributed by atoms with E-state index in [1.54, 1.807) is 0 Å². The zero-order chi connectivity index (χ0) is 14.2. The predicted octanol–water partition coefficient (Wildman–Crippen LogP) is 3.19. The lowest BCUT2D eigenvalue weighted by Crippen LogP contribution is -2.56. The van der Waals surface area contributed by atoms with E-state index in [4.69, 9.17) is 9.47 Å². The monoisotopic (exact) mass is 266 g/mol. The van der Waals surface area contributed by atoms with Gasteiger partial charge in [0.05, 0.1) is 19.3 Å². The van der Waals surface area contributed by atoms with Gasteiger partial charge in [-0.3, -0.25) is 4.79 Å².